The first-order valence-electron chi connectivity index (χ1n) is 7.45. The van der Waals surface area contributed by atoms with Crippen LogP contribution in [0.4, 0.5) is 0 Å². The van der Waals surface area contributed by atoms with E-state index in [1.54, 1.807) is 6.92 Å². The molecule has 8 nitrogen and oxygen atoms in total. The first-order chi connectivity index (χ1) is 11.0. The van der Waals surface area contributed by atoms with Gasteiger partial charge in [-0.25, -0.2) is 9.59 Å². The summed E-state index contributed by atoms with van der Waals surface area (Å²) in [4.78, 5) is 37.3. The number of aliphatic hydroxyl groups is 2. The molecule has 8 heteroatoms. The van der Waals surface area contributed by atoms with Crippen LogP contribution in [0.5, 0.6) is 0 Å². The third-order valence-corrected chi connectivity index (χ3v) is 3.94. The van der Waals surface area contributed by atoms with Crippen molar-refractivity contribution in [2.75, 3.05) is 13.2 Å². The minimum Gasteiger partial charge on any atom is -0.463 e. The van der Waals surface area contributed by atoms with Gasteiger partial charge in [-0.1, -0.05) is 0 Å². The maximum Gasteiger partial charge on any atom is 0.330 e. The normalized spacial score (nSPS) is 24.2. The molecule has 2 rings (SSSR count). The summed E-state index contributed by atoms with van der Waals surface area (Å²) in [6, 6.07) is -0.318. The van der Waals surface area contributed by atoms with Crippen LogP contribution in [0.15, 0.2) is 21.9 Å². The van der Waals surface area contributed by atoms with Gasteiger partial charge in [0.2, 0.25) is 0 Å². The Morgan fingerprint density at radius 2 is 2.22 bits per heavy atom. The van der Waals surface area contributed by atoms with Crippen molar-refractivity contribution in [3.05, 3.63) is 38.7 Å². The molecular weight excluding hydrogens is 304 g/mol. The number of hydrogen-bond acceptors (Lipinski definition) is 6. The maximum atomic E-state index is 12.0. The summed E-state index contributed by atoms with van der Waals surface area (Å²) < 4.78 is 6.06. The fourth-order valence-corrected chi connectivity index (χ4v) is 2.74. The van der Waals surface area contributed by atoms with E-state index in [1.165, 1.54) is 16.8 Å². The second-order valence-electron chi connectivity index (χ2n) is 5.47. The Morgan fingerprint density at radius 3 is 2.83 bits per heavy atom. The fourth-order valence-electron chi connectivity index (χ4n) is 2.74. The molecule has 1 saturated carbocycles. The van der Waals surface area contributed by atoms with Gasteiger partial charge in [0.05, 0.1) is 18.3 Å². The average Bonchev–Trinajstić information content (AvgIpc) is 2.87. The van der Waals surface area contributed by atoms with Gasteiger partial charge in [-0.15, -0.1) is 0 Å². The van der Waals surface area contributed by atoms with Gasteiger partial charge in [0.1, 0.15) is 0 Å². The van der Waals surface area contributed by atoms with E-state index in [0.717, 1.165) is 6.08 Å². The molecule has 1 unspecified atom stereocenters. The molecule has 23 heavy (non-hydrogen) atoms. The van der Waals surface area contributed by atoms with E-state index >= 15 is 0 Å². The molecule has 1 fully saturated rings. The van der Waals surface area contributed by atoms with Crippen LogP contribution in [0.25, 0.3) is 6.08 Å². The second kappa shape index (κ2) is 7.38. The van der Waals surface area contributed by atoms with Crippen molar-refractivity contribution in [3.8, 4) is 0 Å². The van der Waals surface area contributed by atoms with Crippen molar-refractivity contribution < 1.29 is 19.7 Å². The first-order valence-corrected chi connectivity index (χ1v) is 7.45. The molecule has 0 saturated heterocycles. The summed E-state index contributed by atoms with van der Waals surface area (Å²) in [6.45, 7) is 1.73. The Bertz CT molecular complexity index is 705. The van der Waals surface area contributed by atoms with Crippen LogP contribution < -0.4 is 11.2 Å². The summed E-state index contributed by atoms with van der Waals surface area (Å²) in [7, 11) is 0. The molecule has 1 aliphatic carbocycles. The summed E-state index contributed by atoms with van der Waals surface area (Å²) in [5, 5.41) is 19.0. The number of nitrogens with zero attached hydrogens (tertiary/aromatic N) is 1. The lowest BCUT2D eigenvalue weighted by Gasteiger charge is -2.13. The van der Waals surface area contributed by atoms with Crippen LogP contribution in [0.2, 0.25) is 0 Å². The summed E-state index contributed by atoms with van der Waals surface area (Å²) in [6.07, 6.45) is 3.81. The quantitative estimate of drug-likeness (QED) is 0.492. The molecule has 1 aliphatic rings. The number of rotatable bonds is 5. The zero-order chi connectivity index (χ0) is 17.0. The van der Waals surface area contributed by atoms with Gasteiger partial charge in [0, 0.05) is 30.8 Å². The van der Waals surface area contributed by atoms with Crippen molar-refractivity contribution >= 4 is 12.0 Å². The number of nitrogens with one attached hydrogen (secondary N) is 1. The van der Waals surface area contributed by atoms with Crippen molar-refractivity contribution in [1.82, 2.24) is 9.55 Å². The van der Waals surface area contributed by atoms with Gasteiger partial charge in [-0.2, -0.15) is 0 Å². The lowest BCUT2D eigenvalue weighted by molar-refractivity contribution is -0.137. The summed E-state index contributed by atoms with van der Waals surface area (Å²) in [5.41, 5.74) is -1.05. The zero-order valence-electron chi connectivity index (χ0n) is 12.8. The molecule has 126 valence electrons. The lowest BCUT2D eigenvalue weighted by Crippen LogP contribution is -2.32. The van der Waals surface area contributed by atoms with Gasteiger partial charge in [0.25, 0.3) is 5.56 Å². The number of esters is 1. The standard InChI is InChI=1S/C15H20N2O6/c1-2-23-13(20)4-3-9-7-17(15(22)16-14(9)21)11-5-10(8-18)12(19)6-11/h3-4,7,10-12,18-19H,2,5-6,8H2,1H3,(H,16,21,22)/b4-3+/t10-,11?,12+/m1/s1. The van der Waals surface area contributed by atoms with Gasteiger partial charge < -0.3 is 14.9 Å². The molecule has 3 N–H and O–H groups in total. The van der Waals surface area contributed by atoms with Gasteiger partial charge in [-0.05, 0) is 25.8 Å². The van der Waals surface area contributed by atoms with Gasteiger partial charge in [0.15, 0.2) is 0 Å². The molecule has 1 heterocycles. The predicted molar refractivity (Wildman–Crippen MR) is 81.8 cm³/mol. The number of hydrogen-bond donors (Lipinski definition) is 3. The molecule has 0 radical (unpaired) electrons. The second-order valence-corrected chi connectivity index (χ2v) is 5.47. The molecule has 0 aromatic carbocycles. The molecule has 0 aliphatic heterocycles. The highest BCUT2D eigenvalue weighted by Gasteiger charge is 2.34. The Balaban J connectivity index is 2.29. The number of carbonyl (C=O) groups is 1. The minimum absolute atomic E-state index is 0.139. The van der Waals surface area contributed by atoms with E-state index < -0.39 is 23.3 Å². The van der Waals surface area contributed by atoms with Crippen LogP contribution in [0.1, 0.15) is 31.4 Å². The number of aromatic nitrogens is 2. The summed E-state index contributed by atoms with van der Waals surface area (Å²) in [5.74, 6) is -0.876. The van der Waals surface area contributed by atoms with Crippen molar-refractivity contribution in [2.24, 2.45) is 5.92 Å². The molecular formula is C15H20N2O6. The molecule has 0 spiro atoms. The smallest absolute Gasteiger partial charge is 0.330 e. The van der Waals surface area contributed by atoms with Gasteiger partial charge >= 0.3 is 11.7 Å². The van der Waals surface area contributed by atoms with Crippen molar-refractivity contribution in [3.63, 3.8) is 0 Å². The Morgan fingerprint density at radius 1 is 1.48 bits per heavy atom. The minimum atomic E-state index is -0.692. The van der Waals surface area contributed by atoms with Gasteiger partial charge in [-0.3, -0.25) is 14.3 Å². The Hall–Kier alpha value is -2.19. The largest absolute Gasteiger partial charge is 0.463 e. The monoisotopic (exact) mass is 324 g/mol. The highest BCUT2D eigenvalue weighted by Crippen LogP contribution is 2.33. The van der Waals surface area contributed by atoms with Crippen LogP contribution in [0.3, 0.4) is 0 Å². The highest BCUT2D eigenvalue weighted by molar-refractivity contribution is 5.86. The number of H-pyrrole nitrogens is 1. The Labute approximate surface area is 132 Å². The Kier molecular flexibility index (Phi) is 5.51. The third kappa shape index (κ3) is 3.96. The van der Waals surface area contributed by atoms with Crippen molar-refractivity contribution in [1.29, 1.82) is 0 Å². The van der Waals surface area contributed by atoms with Crippen LogP contribution >= 0.6 is 0 Å². The van der Waals surface area contributed by atoms with E-state index in [1.807, 2.05) is 0 Å². The van der Waals surface area contributed by atoms with Crippen molar-refractivity contribution in [2.45, 2.75) is 31.9 Å². The summed E-state index contributed by atoms with van der Waals surface area (Å²) >= 11 is 0. The average molecular weight is 324 g/mol. The zero-order valence-corrected chi connectivity index (χ0v) is 12.8. The maximum absolute atomic E-state index is 12.0. The molecule has 1 aromatic heterocycles. The molecule has 0 bridgehead atoms. The van der Waals surface area contributed by atoms with Crippen LogP contribution in [0, 0.1) is 5.92 Å². The van der Waals surface area contributed by atoms with E-state index in [0.29, 0.717) is 12.8 Å². The number of aliphatic hydroxyl groups excluding tert-OH is 2. The number of carbonyl (C=O) groups excluding carboxylic acids is 1. The SMILES string of the molecule is CCOC(=O)/C=C/c1cn(C2C[C@H](CO)[C@@H](O)C2)c(=O)[nH]c1=O. The van der Waals surface area contributed by atoms with E-state index in [9.17, 15) is 24.6 Å². The number of aromatic amines is 1. The molecule has 3 atom stereocenters. The van der Waals surface area contributed by atoms with Crippen LogP contribution in [-0.2, 0) is 9.53 Å². The predicted octanol–water partition coefficient (Wildman–Crippen LogP) is -0.583. The number of ether oxygens (including phenoxy) is 1. The fraction of sp³-hybridized carbons (Fsp3) is 0.533. The van der Waals surface area contributed by atoms with E-state index in [4.69, 9.17) is 4.74 Å². The topological polar surface area (TPSA) is 122 Å². The molecule has 1 aromatic rings. The van der Waals surface area contributed by atoms with Crippen LogP contribution in [-0.4, -0.2) is 45.1 Å². The third-order valence-electron chi connectivity index (χ3n) is 3.94. The molecule has 0 amide bonds. The highest BCUT2D eigenvalue weighted by atomic mass is 16.5. The lowest BCUT2D eigenvalue weighted by atomic mass is 10.1. The van der Waals surface area contributed by atoms with E-state index in [-0.39, 0.29) is 30.7 Å². The first kappa shape index (κ1) is 17.2. The van der Waals surface area contributed by atoms with E-state index in [2.05, 4.69) is 4.98 Å².